The summed E-state index contributed by atoms with van der Waals surface area (Å²) in [7, 11) is 0. The molecular formula is C24H31N5O2. The summed E-state index contributed by atoms with van der Waals surface area (Å²) < 4.78 is 1.92. The molecule has 164 valence electrons. The number of carbonyl (C=O) groups is 1. The summed E-state index contributed by atoms with van der Waals surface area (Å²) in [6.07, 6.45) is 9.05. The molecule has 2 atom stereocenters. The Hall–Kier alpha value is -2.41. The van der Waals surface area contributed by atoms with Gasteiger partial charge in [-0.2, -0.15) is 5.10 Å². The number of hydrogen-bond donors (Lipinski definition) is 1. The third-order valence-corrected chi connectivity index (χ3v) is 8.25. The molecule has 0 radical (unpaired) electrons. The van der Waals surface area contributed by atoms with E-state index in [9.17, 15) is 9.59 Å². The zero-order chi connectivity index (χ0) is 21.0. The summed E-state index contributed by atoms with van der Waals surface area (Å²) in [6.45, 7) is 5.14. The molecule has 7 nitrogen and oxygen atoms in total. The van der Waals surface area contributed by atoms with E-state index in [-0.39, 0.29) is 11.5 Å². The summed E-state index contributed by atoms with van der Waals surface area (Å²) in [5, 5.41) is 7.11. The van der Waals surface area contributed by atoms with Gasteiger partial charge in [-0.3, -0.25) is 19.6 Å². The number of amides is 1. The summed E-state index contributed by atoms with van der Waals surface area (Å²) in [5.74, 6) is 0.743. The largest absolute Gasteiger partial charge is 0.338 e. The molecule has 31 heavy (non-hydrogen) atoms. The van der Waals surface area contributed by atoms with Crippen LogP contribution in [0.5, 0.6) is 0 Å². The van der Waals surface area contributed by atoms with Crippen LogP contribution >= 0.6 is 0 Å². The Bertz CT molecular complexity index is 1040. The highest BCUT2D eigenvalue weighted by molar-refractivity contribution is 5.94. The fourth-order valence-corrected chi connectivity index (χ4v) is 6.76. The molecule has 2 bridgehead atoms. The van der Waals surface area contributed by atoms with Crippen LogP contribution in [0.15, 0.2) is 29.2 Å². The van der Waals surface area contributed by atoms with Gasteiger partial charge >= 0.3 is 0 Å². The first-order chi connectivity index (χ1) is 15.1. The van der Waals surface area contributed by atoms with Crippen molar-refractivity contribution in [2.24, 2.45) is 11.3 Å². The Balaban J connectivity index is 1.22. The Morgan fingerprint density at radius 1 is 1.13 bits per heavy atom. The number of pyridine rings is 1. The van der Waals surface area contributed by atoms with E-state index in [1.54, 1.807) is 6.20 Å². The number of nitrogens with zero attached hydrogens (tertiary/aromatic N) is 4. The van der Waals surface area contributed by atoms with Gasteiger partial charge in [0.05, 0.1) is 0 Å². The van der Waals surface area contributed by atoms with Crippen LogP contribution < -0.4 is 5.56 Å². The lowest BCUT2D eigenvalue weighted by atomic mass is 9.83. The first-order valence-electron chi connectivity index (χ1n) is 11.8. The molecular weight excluding hydrogens is 390 g/mol. The van der Waals surface area contributed by atoms with Gasteiger partial charge in [-0.05, 0) is 55.2 Å². The molecule has 1 spiro atoms. The lowest BCUT2D eigenvalue weighted by Crippen LogP contribution is -2.48. The fourth-order valence-electron chi connectivity index (χ4n) is 6.76. The predicted octanol–water partition coefficient (Wildman–Crippen LogP) is 2.60. The molecule has 2 saturated heterocycles. The van der Waals surface area contributed by atoms with Gasteiger partial charge < -0.3 is 9.47 Å². The average molecular weight is 422 g/mol. The molecule has 1 N–H and O–H groups in total. The van der Waals surface area contributed by atoms with Crippen LogP contribution in [0.1, 0.15) is 66.2 Å². The van der Waals surface area contributed by atoms with Crippen LogP contribution in [0.4, 0.5) is 0 Å². The van der Waals surface area contributed by atoms with Crippen molar-refractivity contribution >= 4 is 5.91 Å². The van der Waals surface area contributed by atoms with E-state index >= 15 is 0 Å². The highest BCUT2D eigenvalue weighted by Crippen LogP contribution is 2.45. The first kappa shape index (κ1) is 19.3. The van der Waals surface area contributed by atoms with Gasteiger partial charge in [-0.25, -0.2) is 0 Å². The number of likely N-dealkylation sites (tertiary alicyclic amines) is 2. The van der Waals surface area contributed by atoms with Crippen LogP contribution in [0.2, 0.25) is 0 Å². The molecule has 0 unspecified atom stereocenters. The number of hydrogen-bond acceptors (Lipinski definition) is 4. The molecule has 7 heteroatoms. The maximum atomic E-state index is 13.4. The van der Waals surface area contributed by atoms with Crippen LogP contribution in [-0.2, 0) is 13.1 Å². The second kappa shape index (κ2) is 7.33. The van der Waals surface area contributed by atoms with Crippen molar-refractivity contribution in [2.75, 3.05) is 26.2 Å². The van der Waals surface area contributed by atoms with Crippen molar-refractivity contribution in [1.29, 1.82) is 0 Å². The number of H-pyrrole nitrogens is 1. The lowest BCUT2D eigenvalue weighted by Gasteiger charge is -2.42. The van der Waals surface area contributed by atoms with Crippen LogP contribution in [0.3, 0.4) is 0 Å². The lowest BCUT2D eigenvalue weighted by molar-refractivity contribution is 0.0767. The van der Waals surface area contributed by atoms with Crippen LogP contribution in [0, 0.1) is 11.3 Å². The molecule has 1 saturated carbocycles. The standard InChI is InChI=1S/C24H31N5O2/c30-22(28-10-8-24(16-28)6-1-2-7-24)20-3-4-21-18-11-17(13-29(21)23(20)31)12-27(14-18)15-19-5-9-25-26-19/h3-5,9,17-18H,1-2,6-8,10-16H2,(H,25,26)/t17-,18+/m0/s1. The summed E-state index contributed by atoms with van der Waals surface area (Å²) in [5.41, 5.74) is 2.85. The summed E-state index contributed by atoms with van der Waals surface area (Å²) in [4.78, 5) is 31.1. The van der Waals surface area contributed by atoms with Crippen molar-refractivity contribution in [3.63, 3.8) is 0 Å². The second-order valence-electron chi connectivity index (χ2n) is 10.3. The number of piperidine rings is 1. The molecule has 2 aromatic rings. The molecule has 3 aliphatic heterocycles. The summed E-state index contributed by atoms with van der Waals surface area (Å²) >= 11 is 0. The SMILES string of the molecule is O=C(c1ccc2n(c1=O)C[C@H]1C[C@@H]2CN(Cc2ccn[nH]2)C1)N1CCC2(CCCC2)C1. The molecule has 1 amide bonds. The van der Waals surface area contributed by atoms with Crippen molar-refractivity contribution in [3.05, 3.63) is 51.7 Å². The topological polar surface area (TPSA) is 74.2 Å². The third kappa shape index (κ3) is 3.34. The maximum Gasteiger partial charge on any atom is 0.263 e. The zero-order valence-corrected chi connectivity index (χ0v) is 18.1. The fraction of sp³-hybridized carbons (Fsp3) is 0.625. The van der Waals surface area contributed by atoms with Crippen LogP contribution in [-0.4, -0.2) is 56.7 Å². The molecule has 1 aliphatic carbocycles. The molecule has 0 aromatic carbocycles. The highest BCUT2D eigenvalue weighted by Gasteiger charge is 2.42. The molecule has 4 aliphatic rings. The Morgan fingerprint density at radius 3 is 2.81 bits per heavy atom. The Kier molecular flexibility index (Phi) is 4.56. The number of nitrogens with one attached hydrogen (secondary N) is 1. The minimum Gasteiger partial charge on any atom is -0.338 e. The number of aromatic amines is 1. The number of rotatable bonds is 3. The number of fused-ring (bicyclic) bond motifs is 4. The van der Waals surface area contributed by atoms with E-state index in [1.807, 2.05) is 21.6 Å². The van der Waals surface area contributed by atoms with Gasteiger partial charge in [-0.1, -0.05) is 12.8 Å². The molecule has 6 rings (SSSR count). The van der Waals surface area contributed by atoms with Crippen molar-refractivity contribution in [3.8, 4) is 0 Å². The van der Waals surface area contributed by atoms with E-state index in [0.29, 0.717) is 22.8 Å². The van der Waals surface area contributed by atoms with E-state index < -0.39 is 0 Å². The molecule has 3 fully saturated rings. The van der Waals surface area contributed by atoms with Crippen molar-refractivity contribution in [2.45, 2.75) is 57.5 Å². The average Bonchev–Trinajstić information content (AvgIpc) is 3.52. The summed E-state index contributed by atoms with van der Waals surface area (Å²) in [6, 6.07) is 5.88. The van der Waals surface area contributed by atoms with E-state index in [1.165, 1.54) is 25.7 Å². The van der Waals surface area contributed by atoms with Crippen LogP contribution in [0.25, 0.3) is 0 Å². The van der Waals surface area contributed by atoms with Crippen molar-refractivity contribution in [1.82, 2.24) is 24.6 Å². The minimum absolute atomic E-state index is 0.0549. The minimum atomic E-state index is -0.0772. The third-order valence-electron chi connectivity index (χ3n) is 8.25. The number of carbonyl (C=O) groups excluding carboxylic acids is 1. The van der Waals surface area contributed by atoms with E-state index in [4.69, 9.17) is 0 Å². The van der Waals surface area contributed by atoms with Gasteiger partial charge in [0.1, 0.15) is 5.56 Å². The van der Waals surface area contributed by atoms with Gasteiger partial charge in [0, 0.05) is 62.8 Å². The van der Waals surface area contributed by atoms with E-state index in [2.05, 4.69) is 21.2 Å². The second-order valence-corrected chi connectivity index (χ2v) is 10.3. The Morgan fingerprint density at radius 2 is 2.00 bits per heavy atom. The van der Waals surface area contributed by atoms with Gasteiger partial charge in [0.2, 0.25) is 0 Å². The van der Waals surface area contributed by atoms with Gasteiger partial charge in [0.15, 0.2) is 0 Å². The highest BCUT2D eigenvalue weighted by atomic mass is 16.2. The predicted molar refractivity (Wildman–Crippen MR) is 117 cm³/mol. The normalized spacial score (nSPS) is 27.0. The Labute approximate surface area is 182 Å². The maximum absolute atomic E-state index is 13.4. The van der Waals surface area contributed by atoms with E-state index in [0.717, 1.165) is 63.5 Å². The zero-order valence-electron chi connectivity index (χ0n) is 18.1. The van der Waals surface area contributed by atoms with Gasteiger partial charge in [0.25, 0.3) is 11.5 Å². The quantitative estimate of drug-likeness (QED) is 0.827. The van der Waals surface area contributed by atoms with Gasteiger partial charge in [-0.15, -0.1) is 0 Å². The monoisotopic (exact) mass is 421 g/mol. The van der Waals surface area contributed by atoms with Crippen molar-refractivity contribution < 1.29 is 4.79 Å². The molecule has 5 heterocycles. The first-order valence-corrected chi connectivity index (χ1v) is 11.8. The molecule has 2 aromatic heterocycles. The number of aromatic nitrogens is 3. The smallest absolute Gasteiger partial charge is 0.263 e.